The minimum Gasteiger partial charge on any atom is -0.489 e. The Bertz CT molecular complexity index is 558. The van der Waals surface area contributed by atoms with E-state index < -0.39 is 0 Å². The molecular formula is C16H15NO2. The van der Waals surface area contributed by atoms with E-state index in [0.717, 1.165) is 16.9 Å². The standard InChI is InChI=1S/C16H15NO2/c1-2-6-13(7-3-1)15-8-4-5-9-16(15)18-11-14-10-17-12-19-14/h1-9,12,14H,10-11H2. The zero-order chi connectivity index (χ0) is 12.9. The molecule has 0 fully saturated rings. The van der Waals surface area contributed by atoms with Gasteiger partial charge in [-0.2, -0.15) is 0 Å². The van der Waals surface area contributed by atoms with E-state index in [9.17, 15) is 0 Å². The molecule has 0 spiro atoms. The van der Waals surface area contributed by atoms with Crippen molar-refractivity contribution in [1.82, 2.24) is 0 Å². The van der Waals surface area contributed by atoms with Crippen LogP contribution in [0.25, 0.3) is 11.1 Å². The summed E-state index contributed by atoms with van der Waals surface area (Å²) in [5, 5.41) is 0. The van der Waals surface area contributed by atoms with Crippen molar-refractivity contribution in [3.05, 3.63) is 54.6 Å². The third-order valence-electron chi connectivity index (χ3n) is 3.03. The zero-order valence-electron chi connectivity index (χ0n) is 10.5. The van der Waals surface area contributed by atoms with Crippen molar-refractivity contribution in [3.63, 3.8) is 0 Å². The molecule has 3 nitrogen and oxygen atoms in total. The minimum atomic E-state index is 0.0313. The van der Waals surface area contributed by atoms with Gasteiger partial charge in [0.1, 0.15) is 12.4 Å². The molecule has 0 amide bonds. The molecule has 2 aromatic carbocycles. The third kappa shape index (κ3) is 2.76. The van der Waals surface area contributed by atoms with Crippen LogP contribution in [0.1, 0.15) is 0 Å². The molecule has 2 aromatic rings. The van der Waals surface area contributed by atoms with Gasteiger partial charge in [-0.05, 0) is 11.6 Å². The number of rotatable bonds is 4. The molecular weight excluding hydrogens is 238 g/mol. The first kappa shape index (κ1) is 11.8. The smallest absolute Gasteiger partial charge is 0.170 e. The van der Waals surface area contributed by atoms with Gasteiger partial charge in [0.05, 0.1) is 6.54 Å². The topological polar surface area (TPSA) is 30.8 Å². The summed E-state index contributed by atoms with van der Waals surface area (Å²) in [7, 11) is 0. The van der Waals surface area contributed by atoms with E-state index in [1.165, 1.54) is 6.40 Å². The van der Waals surface area contributed by atoms with Crippen molar-refractivity contribution in [1.29, 1.82) is 0 Å². The number of para-hydroxylation sites is 1. The maximum Gasteiger partial charge on any atom is 0.170 e. The molecule has 3 heteroatoms. The van der Waals surface area contributed by atoms with Gasteiger partial charge in [0.25, 0.3) is 0 Å². The predicted octanol–water partition coefficient (Wildman–Crippen LogP) is 3.16. The average Bonchev–Trinajstić information content (AvgIpc) is 3.00. The van der Waals surface area contributed by atoms with Gasteiger partial charge < -0.3 is 9.47 Å². The van der Waals surface area contributed by atoms with Crippen molar-refractivity contribution < 1.29 is 9.47 Å². The zero-order valence-corrected chi connectivity index (χ0v) is 10.5. The second kappa shape index (κ2) is 5.57. The maximum absolute atomic E-state index is 5.87. The molecule has 1 aliphatic rings. The van der Waals surface area contributed by atoms with E-state index in [-0.39, 0.29) is 6.10 Å². The van der Waals surface area contributed by atoms with Crippen molar-refractivity contribution in [2.75, 3.05) is 13.2 Å². The summed E-state index contributed by atoms with van der Waals surface area (Å²) >= 11 is 0. The number of ether oxygens (including phenoxy) is 2. The van der Waals surface area contributed by atoms with Gasteiger partial charge in [0.2, 0.25) is 0 Å². The van der Waals surface area contributed by atoms with E-state index in [1.807, 2.05) is 36.4 Å². The van der Waals surface area contributed by atoms with E-state index >= 15 is 0 Å². The van der Waals surface area contributed by atoms with Gasteiger partial charge in [-0.15, -0.1) is 0 Å². The van der Waals surface area contributed by atoms with E-state index in [1.54, 1.807) is 0 Å². The lowest BCUT2D eigenvalue weighted by atomic mass is 10.1. The highest BCUT2D eigenvalue weighted by Crippen LogP contribution is 2.29. The van der Waals surface area contributed by atoms with Crippen molar-refractivity contribution in [2.45, 2.75) is 6.10 Å². The first-order chi connectivity index (χ1) is 9.43. The lowest BCUT2D eigenvalue weighted by molar-refractivity contribution is 0.149. The van der Waals surface area contributed by atoms with Crippen molar-refractivity contribution in [2.24, 2.45) is 4.99 Å². The Kier molecular flexibility index (Phi) is 3.45. The number of hydrogen-bond donors (Lipinski definition) is 0. The second-order valence-electron chi connectivity index (χ2n) is 4.40. The molecule has 1 aliphatic heterocycles. The van der Waals surface area contributed by atoms with Crippen LogP contribution in [0.4, 0.5) is 0 Å². The van der Waals surface area contributed by atoms with Crippen LogP contribution in [0.3, 0.4) is 0 Å². The fourth-order valence-corrected chi connectivity index (χ4v) is 2.06. The third-order valence-corrected chi connectivity index (χ3v) is 3.03. The highest BCUT2D eigenvalue weighted by Gasteiger charge is 2.14. The monoisotopic (exact) mass is 253 g/mol. The Hall–Kier alpha value is -2.29. The summed E-state index contributed by atoms with van der Waals surface area (Å²) < 4.78 is 11.2. The van der Waals surface area contributed by atoms with E-state index in [0.29, 0.717) is 13.2 Å². The Balaban J connectivity index is 1.77. The SMILES string of the molecule is C1=NCC(COc2ccccc2-c2ccccc2)O1. The van der Waals surface area contributed by atoms with Crippen LogP contribution in [0.5, 0.6) is 5.75 Å². The normalized spacial score (nSPS) is 17.2. The maximum atomic E-state index is 5.87. The summed E-state index contributed by atoms with van der Waals surface area (Å²) in [6, 6.07) is 18.3. The number of hydrogen-bond acceptors (Lipinski definition) is 3. The molecule has 0 saturated carbocycles. The molecule has 3 rings (SSSR count). The summed E-state index contributed by atoms with van der Waals surface area (Å²) in [5.41, 5.74) is 2.25. The van der Waals surface area contributed by atoms with Crippen LogP contribution in [-0.4, -0.2) is 25.7 Å². The molecule has 1 unspecified atom stereocenters. The van der Waals surface area contributed by atoms with Crippen LogP contribution in [0.2, 0.25) is 0 Å². The van der Waals surface area contributed by atoms with Gasteiger partial charge in [0.15, 0.2) is 12.5 Å². The molecule has 1 atom stereocenters. The highest BCUT2D eigenvalue weighted by molar-refractivity contribution is 5.70. The molecule has 0 bridgehead atoms. The molecule has 0 aromatic heterocycles. The number of aliphatic imine (C=N–C) groups is 1. The highest BCUT2D eigenvalue weighted by atomic mass is 16.5. The van der Waals surface area contributed by atoms with Crippen molar-refractivity contribution in [3.8, 4) is 16.9 Å². The van der Waals surface area contributed by atoms with Crippen LogP contribution >= 0.6 is 0 Å². The molecule has 0 radical (unpaired) electrons. The molecule has 0 aliphatic carbocycles. The Morgan fingerprint density at radius 1 is 1.05 bits per heavy atom. The van der Waals surface area contributed by atoms with Crippen molar-refractivity contribution >= 4 is 6.40 Å². The summed E-state index contributed by atoms with van der Waals surface area (Å²) in [6.07, 6.45) is 1.53. The average molecular weight is 253 g/mol. The van der Waals surface area contributed by atoms with Gasteiger partial charge >= 0.3 is 0 Å². The first-order valence-corrected chi connectivity index (χ1v) is 6.34. The van der Waals surface area contributed by atoms with Crippen LogP contribution in [0.15, 0.2) is 59.6 Å². The fraction of sp³-hybridized carbons (Fsp3) is 0.188. The summed E-state index contributed by atoms with van der Waals surface area (Å²) in [4.78, 5) is 4.03. The van der Waals surface area contributed by atoms with Crippen LogP contribution in [-0.2, 0) is 4.74 Å². The molecule has 0 N–H and O–H groups in total. The van der Waals surface area contributed by atoms with E-state index in [2.05, 4.69) is 23.2 Å². The number of nitrogens with zero attached hydrogens (tertiary/aromatic N) is 1. The lowest BCUT2D eigenvalue weighted by Crippen LogP contribution is -2.20. The van der Waals surface area contributed by atoms with Crippen LogP contribution in [0, 0.1) is 0 Å². The Morgan fingerprint density at radius 3 is 2.63 bits per heavy atom. The summed E-state index contributed by atoms with van der Waals surface area (Å²) in [5.74, 6) is 0.879. The molecule has 19 heavy (non-hydrogen) atoms. The fourth-order valence-electron chi connectivity index (χ4n) is 2.06. The largest absolute Gasteiger partial charge is 0.489 e. The quantitative estimate of drug-likeness (QED) is 0.838. The minimum absolute atomic E-state index is 0.0313. The first-order valence-electron chi connectivity index (χ1n) is 6.34. The second-order valence-corrected chi connectivity index (χ2v) is 4.40. The number of benzene rings is 2. The van der Waals surface area contributed by atoms with Gasteiger partial charge in [0, 0.05) is 5.56 Å². The predicted molar refractivity (Wildman–Crippen MR) is 75.6 cm³/mol. The van der Waals surface area contributed by atoms with Gasteiger partial charge in [-0.1, -0.05) is 48.5 Å². The molecule has 0 saturated heterocycles. The van der Waals surface area contributed by atoms with E-state index in [4.69, 9.17) is 9.47 Å². The van der Waals surface area contributed by atoms with Gasteiger partial charge in [-0.3, -0.25) is 4.99 Å². The molecule has 96 valence electrons. The van der Waals surface area contributed by atoms with Crippen LogP contribution < -0.4 is 4.74 Å². The van der Waals surface area contributed by atoms with Gasteiger partial charge in [-0.25, -0.2) is 0 Å². The summed E-state index contributed by atoms with van der Waals surface area (Å²) in [6.45, 7) is 1.19. The lowest BCUT2D eigenvalue weighted by Gasteiger charge is -2.14. The molecule has 1 heterocycles. The Morgan fingerprint density at radius 2 is 1.84 bits per heavy atom. The Labute approximate surface area is 112 Å².